The minimum Gasteiger partial charge on any atom is -0.356 e. The van der Waals surface area contributed by atoms with Gasteiger partial charge >= 0.3 is 0 Å². The fourth-order valence-corrected chi connectivity index (χ4v) is 4.10. The molecular weight excluding hydrogens is 398 g/mol. The fourth-order valence-electron chi connectivity index (χ4n) is 4.10. The first-order chi connectivity index (χ1) is 15.6. The maximum atomic E-state index is 11.8. The maximum absolute atomic E-state index is 11.8. The van der Waals surface area contributed by atoms with E-state index in [2.05, 4.69) is 63.1 Å². The molecule has 3 N–H and O–H groups in total. The van der Waals surface area contributed by atoms with E-state index in [4.69, 9.17) is 0 Å². The van der Waals surface area contributed by atoms with Crippen LogP contribution in [0.3, 0.4) is 0 Å². The molecule has 1 heterocycles. The van der Waals surface area contributed by atoms with Crippen molar-refractivity contribution in [1.82, 2.24) is 20.9 Å². The van der Waals surface area contributed by atoms with Crippen LogP contribution >= 0.6 is 0 Å². The molecule has 1 saturated heterocycles. The van der Waals surface area contributed by atoms with Gasteiger partial charge in [-0.1, -0.05) is 42.0 Å². The molecule has 172 valence electrons. The summed E-state index contributed by atoms with van der Waals surface area (Å²) in [6, 6.07) is 16.6. The van der Waals surface area contributed by atoms with Gasteiger partial charge in [0.05, 0.1) is 0 Å². The Morgan fingerprint density at radius 3 is 2.50 bits per heavy atom. The lowest BCUT2D eigenvalue weighted by Gasteiger charge is -2.32. The van der Waals surface area contributed by atoms with Crippen LogP contribution in [0.25, 0.3) is 0 Å². The number of hydrogen-bond donors (Lipinski definition) is 3. The smallest absolute Gasteiger partial charge is 0.251 e. The summed E-state index contributed by atoms with van der Waals surface area (Å²) in [6.45, 7) is 7.19. The number of hydrogen-bond acceptors (Lipinski definition) is 3. The Morgan fingerprint density at radius 2 is 1.81 bits per heavy atom. The third-order valence-electron chi connectivity index (χ3n) is 6.14. The van der Waals surface area contributed by atoms with Crippen molar-refractivity contribution in [3.05, 3.63) is 70.8 Å². The van der Waals surface area contributed by atoms with Gasteiger partial charge in [0, 0.05) is 39.3 Å². The number of guanidine groups is 1. The van der Waals surface area contributed by atoms with E-state index in [9.17, 15) is 4.79 Å². The van der Waals surface area contributed by atoms with E-state index in [-0.39, 0.29) is 5.91 Å². The molecule has 0 aromatic heterocycles. The van der Waals surface area contributed by atoms with Crippen LogP contribution in [0.15, 0.2) is 53.5 Å². The first-order valence-electron chi connectivity index (χ1n) is 11.6. The summed E-state index contributed by atoms with van der Waals surface area (Å²) in [5, 5.41) is 9.55. The zero-order valence-corrected chi connectivity index (χ0v) is 19.7. The van der Waals surface area contributed by atoms with Crippen molar-refractivity contribution in [3.8, 4) is 0 Å². The molecule has 1 fully saturated rings. The number of amides is 1. The standard InChI is InChI=1S/C26H37N5O/c1-20-7-9-23(10-8-20)19-31-15-12-22(13-16-31)18-30-26(28-3)29-14-11-21-5-4-6-24(17-21)25(32)27-2/h4-10,17,22H,11-16,18-19H2,1-3H3,(H,27,32)(H2,28,29,30). The van der Waals surface area contributed by atoms with E-state index in [1.807, 2.05) is 25.2 Å². The number of likely N-dealkylation sites (tertiary alicyclic amines) is 1. The van der Waals surface area contributed by atoms with Crippen molar-refractivity contribution in [2.75, 3.05) is 40.3 Å². The Labute approximate surface area is 192 Å². The van der Waals surface area contributed by atoms with E-state index in [1.54, 1.807) is 7.05 Å². The SMILES string of the molecule is CN=C(NCCc1cccc(C(=O)NC)c1)NCC1CCN(Cc2ccc(C)cc2)CC1. The molecule has 1 amide bonds. The lowest BCUT2D eigenvalue weighted by Crippen LogP contribution is -2.43. The highest BCUT2D eigenvalue weighted by Gasteiger charge is 2.19. The zero-order chi connectivity index (χ0) is 22.8. The van der Waals surface area contributed by atoms with Crippen molar-refractivity contribution in [3.63, 3.8) is 0 Å². The van der Waals surface area contributed by atoms with Gasteiger partial charge < -0.3 is 16.0 Å². The number of nitrogens with one attached hydrogen (secondary N) is 3. The lowest BCUT2D eigenvalue weighted by molar-refractivity contribution is 0.0963. The van der Waals surface area contributed by atoms with Crippen LogP contribution in [-0.4, -0.2) is 57.0 Å². The molecule has 32 heavy (non-hydrogen) atoms. The van der Waals surface area contributed by atoms with Gasteiger partial charge in [0.25, 0.3) is 5.91 Å². The van der Waals surface area contributed by atoms with Crippen molar-refractivity contribution in [1.29, 1.82) is 0 Å². The minimum absolute atomic E-state index is 0.0535. The second kappa shape index (κ2) is 12.2. The Kier molecular flexibility index (Phi) is 9.11. The highest BCUT2D eigenvalue weighted by molar-refractivity contribution is 5.94. The normalized spacial score (nSPS) is 15.4. The molecule has 3 rings (SSSR count). The number of aliphatic imine (C=N–C) groups is 1. The molecule has 0 radical (unpaired) electrons. The average molecular weight is 436 g/mol. The average Bonchev–Trinajstić information content (AvgIpc) is 2.83. The molecule has 0 saturated carbocycles. The predicted octanol–water partition coefficient (Wildman–Crippen LogP) is 2.97. The second-order valence-corrected chi connectivity index (χ2v) is 8.61. The van der Waals surface area contributed by atoms with Gasteiger partial charge in [0.15, 0.2) is 5.96 Å². The van der Waals surface area contributed by atoms with E-state index in [0.29, 0.717) is 11.5 Å². The maximum Gasteiger partial charge on any atom is 0.251 e. The van der Waals surface area contributed by atoms with Gasteiger partial charge in [-0.2, -0.15) is 0 Å². The quantitative estimate of drug-likeness (QED) is 0.441. The predicted molar refractivity (Wildman–Crippen MR) is 132 cm³/mol. The van der Waals surface area contributed by atoms with Gasteiger partial charge in [-0.15, -0.1) is 0 Å². The summed E-state index contributed by atoms with van der Waals surface area (Å²) in [4.78, 5) is 18.7. The summed E-state index contributed by atoms with van der Waals surface area (Å²) in [5.41, 5.74) is 4.55. The van der Waals surface area contributed by atoms with E-state index >= 15 is 0 Å². The van der Waals surface area contributed by atoms with Crippen molar-refractivity contribution >= 4 is 11.9 Å². The van der Waals surface area contributed by atoms with Crippen LogP contribution in [0.2, 0.25) is 0 Å². The van der Waals surface area contributed by atoms with Gasteiger partial charge in [-0.05, 0) is 68.5 Å². The van der Waals surface area contributed by atoms with Crippen LogP contribution in [0, 0.1) is 12.8 Å². The highest BCUT2D eigenvalue weighted by atomic mass is 16.1. The first kappa shape index (κ1) is 23.8. The summed E-state index contributed by atoms with van der Waals surface area (Å²) < 4.78 is 0. The van der Waals surface area contributed by atoms with Gasteiger partial charge in [0.1, 0.15) is 0 Å². The number of piperidine rings is 1. The zero-order valence-electron chi connectivity index (χ0n) is 19.7. The van der Waals surface area contributed by atoms with Crippen LogP contribution in [0.1, 0.15) is 39.9 Å². The second-order valence-electron chi connectivity index (χ2n) is 8.61. The number of carbonyl (C=O) groups excluding carboxylic acids is 1. The van der Waals surface area contributed by atoms with E-state index < -0.39 is 0 Å². The molecule has 0 unspecified atom stereocenters. The molecule has 2 aromatic rings. The Balaban J connectivity index is 1.35. The van der Waals surface area contributed by atoms with Gasteiger partial charge in [-0.25, -0.2) is 0 Å². The van der Waals surface area contributed by atoms with Crippen molar-refractivity contribution in [2.24, 2.45) is 10.9 Å². The summed E-state index contributed by atoms with van der Waals surface area (Å²) >= 11 is 0. The van der Waals surface area contributed by atoms with Crippen molar-refractivity contribution < 1.29 is 4.79 Å². The highest BCUT2D eigenvalue weighted by Crippen LogP contribution is 2.18. The van der Waals surface area contributed by atoms with E-state index in [1.165, 1.54) is 24.0 Å². The van der Waals surface area contributed by atoms with Gasteiger partial charge in [-0.3, -0.25) is 14.7 Å². The topological polar surface area (TPSA) is 68.8 Å². The number of carbonyl (C=O) groups is 1. The molecule has 0 spiro atoms. The Hall–Kier alpha value is -2.86. The van der Waals surface area contributed by atoms with Crippen LogP contribution in [-0.2, 0) is 13.0 Å². The Bertz CT molecular complexity index is 885. The monoisotopic (exact) mass is 435 g/mol. The molecule has 2 aromatic carbocycles. The molecular formula is C26H37N5O. The molecule has 0 bridgehead atoms. The third kappa shape index (κ3) is 7.38. The molecule has 0 atom stereocenters. The third-order valence-corrected chi connectivity index (χ3v) is 6.14. The largest absolute Gasteiger partial charge is 0.356 e. The number of aryl methyl sites for hydroxylation is 1. The minimum atomic E-state index is -0.0535. The summed E-state index contributed by atoms with van der Waals surface area (Å²) in [6.07, 6.45) is 3.26. The van der Waals surface area contributed by atoms with Crippen molar-refractivity contribution in [2.45, 2.75) is 32.7 Å². The van der Waals surface area contributed by atoms with E-state index in [0.717, 1.165) is 50.7 Å². The molecule has 0 aliphatic carbocycles. The number of nitrogens with zero attached hydrogens (tertiary/aromatic N) is 2. The van der Waals surface area contributed by atoms with Gasteiger partial charge in [0.2, 0.25) is 0 Å². The lowest BCUT2D eigenvalue weighted by atomic mass is 9.96. The van der Waals surface area contributed by atoms with Crippen LogP contribution in [0.5, 0.6) is 0 Å². The van der Waals surface area contributed by atoms with Crippen LogP contribution in [0.4, 0.5) is 0 Å². The number of benzene rings is 2. The molecule has 6 heteroatoms. The fraction of sp³-hybridized carbons (Fsp3) is 0.462. The van der Waals surface area contributed by atoms with Crippen LogP contribution < -0.4 is 16.0 Å². The first-order valence-corrected chi connectivity index (χ1v) is 11.6. The molecule has 1 aliphatic heterocycles. The molecule has 1 aliphatic rings. The number of rotatable bonds is 8. The summed E-state index contributed by atoms with van der Waals surface area (Å²) in [7, 11) is 3.46. The summed E-state index contributed by atoms with van der Waals surface area (Å²) in [5.74, 6) is 1.46. The Morgan fingerprint density at radius 1 is 1.06 bits per heavy atom. The molecule has 6 nitrogen and oxygen atoms in total.